The van der Waals surface area contributed by atoms with Crippen molar-refractivity contribution in [3.63, 3.8) is 0 Å². The molecule has 1 aliphatic carbocycles. The summed E-state index contributed by atoms with van der Waals surface area (Å²) in [5.74, 6) is 0.0322. The standard InChI is InChI=1S/C13H15BrF3NO/c14-9-4-5-11(10(6-9)13(15,16)17)18-7-8-2-1-3-12(8)19/h4-6,8,12,18-19H,1-3,7H2. The van der Waals surface area contributed by atoms with E-state index in [1.165, 1.54) is 6.07 Å². The normalized spacial score (nSPS) is 23.6. The number of nitrogens with one attached hydrogen (secondary N) is 1. The Morgan fingerprint density at radius 1 is 1.32 bits per heavy atom. The van der Waals surface area contributed by atoms with E-state index < -0.39 is 17.8 Å². The molecule has 0 amide bonds. The summed E-state index contributed by atoms with van der Waals surface area (Å²) in [4.78, 5) is 0. The van der Waals surface area contributed by atoms with E-state index in [4.69, 9.17) is 0 Å². The number of rotatable bonds is 3. The van der Waals surface area contributed by atoms with Crippen molar-refractivity contribution in [2.75, 3.05) is 11.9 Å². The minimum atomic E-state index is -4.39. The predicted octanol–water partition coefficient (Wildman–Crippen LogP) is 4.04. The van der Waals surface area contributed by atoms with Crippen LogP contribution in [0.4, 0.5) is 18.9 Å². The quantitative estimate of drug-likeness (QED) is 0.872. The molecule has 2 nitrogen and oxygen atoms in total. The largest absolute Gasteiger partial charge is 0.418 e. The van der Waals surface area contributed by atoms with Crippen LogP contribution in [0.1, 0.15) is 24.8 Å². The smallest absolute Gasteiger partial charge is 0.393 e. The first-order valence-electron chi connectivity index (χ1n) is 6.16. The van der Waals surface area contributed by atoms with E-state index in [0.29, 0.717) is 11.0 Å². The molecule has 0 aliphatic heterocycles. The van der Waals surface area contributed by atoms with Gasteiger partial charge in [-0.05, 0) is 31.0 Å². The molecule has 1 aromatic rings. The zero-order valence-corrected chi connectivity index (χ0v) is 11.8. The Hall–Kier alpha value is -0.750. The summed E-state index contributed by atoms with van der Waals surface area (Å²) in [6, 6.07) is 4.05. The molecular formula is C13H15BrF3NO. The van der Waals surface area contributed by atoms with Gasteiger partial charge in [0.25, 0.3) is 0 Å². The number of anilines is 1. The summed E-state index contributed by atoms with van der Waals surface area (Å²) in [5.41, 5.74) is -0.621. The second-order valence-electron chi connectivity index (χ2n) is 4.83. The van der Waals surface area contributed by atoms with Crippen molar-refractivity contribution in [2.24, 2.45) is 5.92 Å². The summed E-state index contributed by atoms with van der Waals surface area (Å²) >= 11 is 3.05. The first-order valence-corrected chi connectivity index (χ1v) is 6.96. The topological polar surface area (TPSA) is 32.3 Å². The van der Waals surface area contributed by atoms with E-state index in [0.717, 1.165) is 25.3 Å². The highest BCUT2D eigenvalue weighted by Gasteiger charge is 2.34. The van der Waals surface area contributed by atoms with Crippen LogP contribution in [0.5, 0.6) is 0 Å². The van der Waals surface area contributed by atoms with Crippen molar-refractivity contribution in [2.45, 2.75) is 31.5 Å². The van der Waals surface area contributed by atoms with E-state index >= 15 is 0 Å². The SMILES string of the molecule is OC1CCCC1CNc1ccc(Br)cc1C(F)(F)F. The molecular weight excluding hydrogens is 323 g/mol. The van der Waals surface area contributed by atoms with Crippen LogP contribution < -0.4 is 5.32 Å². The van der Waals surface area contributed by atoms with E-state index in [2.05, 4.69) is 21.2 Å². The van der Waals surface area contributed by atoms with Gasteiger partial charge >= 0.3 is 6.18 Å². The number of benzene rings is 1. The minimum Gasteiger partial charge on any atom is -0.393 e. The number of halogens is 4. The third kappa shape index (κ3) is 3.63. The zero-order valence-electron chi connectivity index (χ0n) is 10.2. The first-order chi connectivity index (χ1) is 8.88. The molecule has 2 atom stereocenters. The van der Waals surface area contributed by atoms with Gasteiger partial charge in [-0.25, -0.2) is 0 Å². The second kappa shape index (κ2) is 5.71. The molecule has 1 saturated carbocycles. The molecule has 1 aliphatic rings. The fourth-order valence-electron chi connectivity index (χ4n) is 2.40. The fourth-order valence-corrected chi connectivity index (χ4v) is 2.76. The molecule has 0 spiro atoms. The minimum absolute atomic E-state index is 0.0322. The number of aliphatic hydroxyl groups is 1. The van der Waals surface area contributed by atoms with Crippen LogP contribution >= 0.6 is 15.9 Å². The van der Waals surface area contributed by atoms with Crippen LogP contribution in [0.2, 0.25) is 0 Å². The molecule has 0 radical (unpaired) electrons. The molecule has 0 heterocycles. The summed E-state index contributed by atoms with van der Waals surface area (Å²) in [6.07, 6.45) is -2.28. The third-order valence-electron chi connectivity index (χ3n) is 3.46. The molecule has 106 valence electrons. The average Bonchev–Trinajstić information content (AvgIpc) is 2.72. The van der Waals surface area contributed by atoms with Crippen LogP contribution in [0.15, 0.2) is 22.7 Å². The van der Waals surface area contributed by atoms with E-state index in [9.17, 15) is 18.3 Å². The highest BCUT2D eigenvalue weighted by atomic mass is 79.9. The molecule has 0 saturated heterocycles. The summed E-state index contributed by atoms with van der Waals surface area (Å²) < 4.78 is 39.1. The molecule has 0 aromatic heterocycles. The lowest BCUT2D eigenvalue weighted by Crippen LogP contribution is -2.23. The molecule has 1 fully saturated rings. The molecule has 2 rings (SSSR count). The Morgan fingerprint density at radius 3 is 2.63 bits per heavy atom. The maximum atomic E-state index is 12.9. The van der Waals surface area contributed by atoms with Crippen molar-refractivity contribution in [1.82, 2.24) is 0 Å². The van der Waals surface area contributed by atoms with E-state index in [1.54, 1.807) is 6.07 Å². The maximum Gasteiger partial charge on any atom is 0.418 e. The highest BCUT2D eigenvalue weighted by molar-refractivity contribution is 9.10. The van der Waals surface area contributed by atoms with Crippen LogP contribution in [0, 0.1) is 5.92 Å². The van der Waals surface area contributed by atoms with Gasteiger partial charge in [0.15, 0.2) is 0 Å². The Balaban J connectivity index is 2.11. The Morgan fingerprint density at radius 2 is 2.05 bits per heavy atom. The van der Waals surface area contributed by atoms with Gasteiger partial charge in [0.1, 0.15) is 0 Å². The van der Waals surface area contributed by atoms with Gasteiger partial charge in [0.05, 0.1) is 11.7 Å². The van der Waals surface area contributed by atoms with Crippen molar-refractivity contribution in [1.29, 1.82) is 0 Å². The molecule has 6 heteroatoms. The summed E-state index contributed by atoms with van der Waals surface area (Å²) in [7, 11) is 0. The van der Waals surface area contributed by atoms with E-state index in [-0.39, 0.29) is 11.6 Å². The van der Waals surface area contributed by atoms with Crippen LogP contribution in [-0.2, 0) is 6.18 Å². The monoisotopic (exact) mass is 337 g/mol. The molecule has 2 unspecified atom stereocenters. The van der Waals surface area contributed by atoms with Gasteiger partial charge in [-0.15, -0.1) is 0 Å². The van der Waals surface area contributed by atoms with Crippen LogP contribution in [0.25, 0.3) is 0 Å². The van der Waals surface area contributed by atoms with Crippen LogP contribution in [0.3, 0.4) is 0 Å². The van der Waals surface area contributed by atoms with Gasteiger partial charge in [-0.2, -0.15) is 13.2 Å². The first kappa shape index (κ1) is 14.7. The molecule has 19 heavy (non-hydrogen) atoms. The van der Waals surface area contributed by atoms with Crippen molar-refractivity contribution < 1.29 is 18.3 Å². The van der Waals surface area contributed by atoms with Gasteiger partial charge in [0.2, 0.25) is 0 Å². The number of aliphatic hydroxyl groups excluding tert-OH is 1. The lowest BCUT2D eigenvalue weighted by Gasteiger charge is -2.19. The van der Waals surface area contributed by atoms with Crippen molar-refractivity contribution >= 4 is 21.6 Å². The van der Waals surface area contributed by atoms with E-state index in [1.807, 2.05) is 0 Å². The molecule has 1 aromatic carbocycles. The summed E-state index contributed by atoms with van der Waals surface area (Å²) in [6.45, 7) is 0.367. The van der Waals surface area contributed by atoms with Crippen molar-refractivity contribution in [3.05, 3.63) is 28.2 Å². The summed E-state index contributed by atoms with van der Waals surface area (Å²) in [5, 5.41) is 12.5. The molecule has 0 bridgehead atoms. The number of hydrogen-bond acceptors (Lipinski definition) is 2. The van der Waals surface area contributed by atoms with Gasteiger partial charge in [-0.3, -0.25) is 0 Å². The Kier molecular flexibility index (Phi) is 4.40. The van der Waals surface area contributed by atoms with Gasteiger partial charge in [0, 0.05) is 22.6 Å². The second-order valence-corrected chi connectivity index (χ2v) is 5.74. The zero-order chi connectivity index (χ0) is 14.0. The Labute approximate surface area is 118 Å². The maximum absolute atomic E-state index is 12.9. The third-order valence-corrected chi connectivity index (χ3v) is 3.95. The predicted molar refractivity (Wildman–Crippen MR) is 71.0 cm³/mol. The average molecular weight is 338 g/mol. The van der Waals surface area contributed by atoms with Crippen LogP contribution in [-0.4, -0.2) is 17.8 Å². The fraction of sp³-hybridized carbons (Fsp3) is 0.538. The Bertz CT molecular complexity index is 450. The number of alkyl halides is 3. The van der Waals surface area contributed by atoms with Crippen molar-refractivity contribution in [3.8, 4) is 0 Å². The highest BCUT2D eigenvalue weighted by Crippen LogP contribution is 2.37. The number of hydrogen-bond donors (Lipinski definition) is 2. The van der Waals surface area contributed by atoms with Gasteiger partial charge in [-0.1, -0.05) is 22.4 Å². The lowest BCUT2D eigenvalue weighted by molar-refractivity contribution is -0.137. The molecule has 2 N–H and O–H groups in total. The lowest BCUT2D eigenvalue weighted by atomic mass is 10.1. The van der Waals surface area contributed by atoms with Gasteiger partial charge < -0.3 is 10.4 Å².